The fourth-order valence-electron chi connectivity index (χ4n) is 1.97. The summed E-state index contributed by atoms with van der Waals surface area (Å²) in [6, 6.07) is 0.517. The molecule has 1 aliphatic carbocycles. The minimum Gasteiger partial charge on any atom is -0.357 e. The van der Waals surface area contributed by atoms with E-state index in [2.05, 4.69) is 15.6 Å². The summed E-state index contributed by atoms with van der Waals surface area (Å²) in [6.07, 6.45) is 2.35. The van der Waals surface area contributed by atoms with Crippen molar-refractivity contribution in [1.29, 1.82) is 0 Å². The quantitative estimate of drug-likeness (QED) is 0.536. The average Bonchev–Trinajstić information content (AvgIpc) is 3.24. The van der Waals surface area contributed by atoms with Crippen LogP contribution in [0.2, 0.25) is 0 Å². The molecule has 6 nitrogen and oxygen atoms in total. The third-order valence-corrected chi connectivity index (χ3v) is 6.04. The van der Waals surface area contributed by atoms with Crippen molar-refractivity contribution in [2.45, 2.75) is 25.8 Å². The van der Waals surface area contributed by atoms with Crippen LogP contribution in [0.1, 0.15) is 19.8 Å². The number of guanidine groups is 1. The van der Waals surface area contributed by atoms with Crippen molar-refractivity contribution in [2.75, 3.05) is 43.4 Å². The monoisotopic (exact) mass is 320 g/mol. The second kappa shape index (κ2) is 7.51. The molecule has 1 aliphatic heterocycles. The van der Waals surface area contributed by atoms with E-state index < -0.39 is 10.0 Å². The van der Waals surface area contributed by atoms with Gasteiger partial charge in [-0.15, -0.1) is 0 Å². The van der Waals surface area contributed by atoms with Gasteiger partial charge in [0, 0.05) is 37.2 Å². The molecule has 2 aliphatic rings. The molecule has 1 saturated carbocycles. The summed E-state index contributed by atoms with van der Waals surface area (Å²) in [5, 5.41) is 6.43. The molecule has 2 rings (SSSR count). The van der Waals surface area contributed by atoms with Gasteiger partial charge >= 0.3 is 0 Å². The third kappa shape index (κ3) is 5.14. The Kier molecular flexibility index (Phi) is 5.98. The van der Waals surface area contributed by atoms with Crippen molar-refractivity contribution in [2.24, 2.45) is 4.99 Å². The first-order valence-electron chi connectivity index (χ1n) is 7.22. The summed E-state index contributed by atoms with van der Waals surface area (Å²) in [5.74, 6) is 2.63. The lowest BCUT2D eigenvalue weighted by molar-refractivity contribution is 0.444. The largest absolute Gasteiger partial charge is 0.357 e. The summed E-state index contributed by atoms with van der Waals surface area (Å²) in [6.45, 7) is 4.38. The van der Waals surface area contributed by atoms with Crippen LogP contribution in [0.3, 0.4) is 0 Å². The number of sulfonamides is 1. The number of hydrogen-bond acceptors (Lipinski definition) is 4. The molecular weight excluding hydrogens is 296 g/mol. The maximum Gasteiger partial charge on any atom is 0.215 e. The number of nitrogens with zero attached hydrogens (tertiary/aromatic N) is 2. The fraction of sp³-hybridized carbons (Fsp3) is 0.917. The Balaban J connectivity index is 1.81. The van der Waals surface area contributed by atoms with Gasteiger partial charge in [0.2, 0.25) is 10.0 Å². The van der Waals surface area contributed by atoms with Crippen molar-refractivity contribution in [3.05, 3.63) is 0 Å². The molecule has 0 amide bonds. The molecule has 1 heterocycles. The lowest BCUT2D eigenvalue weighted by atomic mass is 10.6. The highest BCUT2D eigenvalue weighted by atomic mass is 32.2. The van der Waals surface area contributed by atoms with Gasteiger partial charge in [-0.25, -0.2) is 12.7 Å². The Bertz CT molecular complexity index is 429. The molecule has 0 aromatic carbocycles. The predicted octanol–water partition coefficient (Wildman–Crippen LogP) is 0.0825. The number of hydrogen-bond donors (Lipinski definition) is 2. The molecule has 0 atom stereocenters. The van der Waals surface area contributed by atoms with Gasteiger partial charge in [-0.05, 0) is 19.8 Å². The Hall–Kier alpha value is -0.470. The van der Waals surface area contributed by atoms with Crippen LogP contribution < -0.4 is 10.6 Å². The van der Waals surface area contributed by atoms with Gasteiger partial charge in [-0.1, -0.05) is 0 Å². The topological polar surface area (TPSA) is 73.8 Å². The fourth-order valence-corrected chi connectivity index (χ4v) is 4.42. The first-order chi connectivity index (χ1) is 9.62. The molecule has 2 N–H and O–H groups in total. The Morgan fingerprint density at radius 3 is 2.65 bits per heavy atom. The third-order valence-electron chi connectivity index (χ3n) is 3.25. The Morgan fingerprint density at radius 1 is 1.35 bits per heavy atom. The molecule has 0 unspecified atom stereocenters. The molecule has 116 valence electrons. The molecule has 0 aromatic heterocycles. The van der Waals surface area contributed by atoms with Crippen LogP contribution in [0, 0.1) is 0 Å². The van der Waals surface area contributed by atoms with Gasteiger partial charge in [0.25, 0.3) is 0 Å². The molecule has 0 bridgehead atoms. The maximum absolute atomic E-state index is 12.2. The van der Waals surface area contributed by atoms with Crippen LogP contribution in [0.15, 0.2) is 4.99 Å². The first kappa shape index (κ1) is 15.9. The van der Waals surface area contributed by atoms with E-state index in [1.165, 1.54) is 12.8 Å². The van der Waals surface area contributed by atoms with Crippen LogP contribution in [-0.4, -0.2) is 68.2 Å². The van der Waals surface area contributed by atoms with Crippen molar-refractivity contribution < 1.29 is 8.42 Å². The zero-order valence-electron chi connectivity index (χ0n) is 12.0. The van der Waals surface area contributed by atoms with Gasteiger partial charge in [-0.2, -0.15) is 11.8 Å². The van der Waals surface area contributed by atoms with Crippen LogP contribution in [0.4, 0.5) is 0 Å². The molecule has 2 fully saturated rings. The molecule has 8 heteroatoms. The van der Waals surface area contributed by atoms with Crippen LogP contribution in [0.5, 0.6) is 0 Å². The van der Waals surface area contributed by atoms with Crippen LogP contribution in [0.25, 0.3) is 0 Å². The zero-order chi connectivity index (χ0) is 14.4. The molecule has 20 heavy (non-hydrogen) atoms. The van der Waals surface area contributed by atoms with E-state index >= 15 is 0 Å². The van der Waals surface area contributed by atoms with Crippen LogP contribution in [-0.2, 0) is 10.0 Å². The number of nitrogens with one attached hydrogen (secondary N) is 2. The number of thioether (sulfide) groups is 1. The highest BCUT2D eigenvalue weighted by Gasteiger charge is 2.24. The van der Waals surface area contributed by atoms with Crippen molar-refractivity contribution >= 4 is 27.7 Å². The van der Waals surface area contributed by atoms with Crippen molar-refractivity contribution in [3.63, 3.8) is 0 Å². The summed E-state index contributed by atoms with van der Waals surface area (Å²) >= 11 is 1.81. The Morgan fingerprint density at radius 2 is 2.05 bits per heavy atom. The number of rotatable bonds is 6. The van der Waals surface area contributed by atoms with E-state index in [1.807, 2.05) is 18.7 Å². The smallest absolute Gasteiger partial charge is 0.215 e. The van der Waals surface area contributed by atoms with Crippen molar-refractivity contribution in [3.8, 4) is 0 Å². The molecule has 0 aromatic rings. The minimum atomic E-state index is -3.15. The molecule has 0 radical (unpaired) electrons. The molecule has 0 spiro atoms. The standard InChI is InChI=1S/C12H24N4O2S2/c1-2-13-12(15-11-3-4-11)14-5-10-20(17,18)16-6-8-19-9-7-16/h11H,2-10H2,1H3,(H2,13,14,15). The van der Waals surface area contributed by atoms with E-state index in [4.69, 9.17) is 0 Å². The lowest BCUT2D eigenvalue weighted by Crippen LogP contribution is -2.41. The van der Waals surface area contributed by atoms with E-state index in [1.54, 1.807) is 4.31 Å². The highest BCUT2D eigenvalue weighted by molar-refractivity contribution is 7.99. The summed E-state index contributed by atoms with van der Waals surface area (Å²) < 4.78 is 25.9. The van der Waals surface area contributed by atoms with Gasteiger partial charge in [0.05, 0.1) is 12.3 Å². The van der Waals surface area contributed by atoms with Crippen molar-refractivity contribution in [1.82, 2.24) is 14.9 Å². The predicted molar refractivity (Wildman–Crippen MR) is 84.8 cm³/mol. The second-order valence-electron chi connectivity index (χ2n) is 5.01. The highest BCUT2D eigenvalue weighted by Crippen LogP contribution is 2.18. The van der Waals surface area contributed by atoms with Gasteiger partial charge < -0.3 is 10.6 Å². The summed E-state index contributed by atoms with van der Waals surface area (Å²) in [4.78, 5) is 4.36. The second-order valence-corrected chi connectivity index (χ2v) is 8.32. The van der Waals surface area contributed by atoms with Gasteiger partial charge in [0.1, 0.15) is 0 Å². The SMILES string of the molecule is CCNC(=NCCS(=O)(=O)N1CCSCC1)NC1CC1. The zero-order valence-corrected chi connectivity index (χ0v) is 13.6. The number of aliphatic imine (C=N–C) groups is 1. The molecular formula is C12H24N4O2S2. The first-order valence-corrected chi connectivity index (χ1v) is 9.98. The van der Waals surface area contributed by atoms with E-state index in [-0.39, 0.29) is 5.75 Å². The van der Waals surface area contributed by atoms with E-state index in [9.17, 15) is 8.42 Å². The van der Waals surface area contributed by atoms with Gasteiger partial charge in [-0.3, -0.25) is 4.99 Å². The lowest BCUT2D eigenvalue weighted by Gasteiger charge is -2.25. The normalized spacial score (nSPS) is 21.8. The molecule has 1 saturated heterocycles. The maximum atomic E-state index is 12.2. The Labute approximate surface area is 125 Å². The van der Waals surface area contributed by atoms with Gasteiger partial charge in [0.15, 0.2) is 5.96 Å². The van der Waals surface area contributed by atoms with E-state index in [0.717, 1.165) is 24.0 Å². The van der Waals surface area contributed by atoms with E-state index in [0.29, 0.717) is 25.7 Å². The van der Waals surface area contributed by atoms with Crippen LogP contribution >= 0.6 is 11.8 Å². The summed E-state index contributed by atoms with van der Waals surface area (Å²) in [5.41, 5.74) is 0. The minimum absolute atomic E-state index is 0.0961. The average molecular weight is 320 g/mol. The summed E-state index contributed by atoms with van der Waals surface area (Å²) in [7, 11) is -3.15.